The van der Waals surface area contributed by atoms with Gasteiger partial charge in [-0.1, -0.05) is 25.4 Å². The molecular formula is C20H27ClN4O5. The minimum atomic E-state index is -1.12. The predicted molar refractivity (Wildman–Crippen MR) is 110 cm³/mol. The van der Waals surface area contributed by atoms with Gasteiger partial charge in [-0.05, 0) is 32.1 Å². The van der Waals surface area contributed by atoms with Crippen LogP contribution in [0.5, 0.6) is 0 Å². The summed E-state index contributed by atoms with van der Waals surface area (Å²) in [5.41, 5.74) is 0.664. The van der Waals surface area contributed by atoms with Crippen LogP contribution in [0.25, 0.3) is 0 Å². The number of aromatic nitrogens is 3. The summed E-state index contributed by atoms with van der Waals surface area (Å²) in [6, 6.07) is 0.269. The molecule has 3 rings (SSSR count). The molecule has 30 heavy (non-hydrogen) atoms. The number of halogens is 1. The third-order valence-corrected chi connectivity index (χ3v) is 5.60. The number of hydrogen-bond donors (Lipinski definition) is 2. The Morgan fingerprint density at radius 3 is 2.73 bits per heavy atom. The molecule has 0 saturated carbocycles. The zero-order valence-electron chi connectivity index (χ0n) is 17.4. The zero-order chi connectivity index (χ0) is 21.8. The average molecular weight is 439 g/mol. The van der Waals surface area contributed by atoms with Crippen molar-refractivity contribution in [2.75, 3.05) is 24.6 Å². The van der Waals surface area contributed by atoms with Gasteiger partial charge in [0.25, 0.3) is 6.01 Å². The van der Waals surface area contributed by atoms with Crippen LogP contribution in [0.15, 0.2) is 4.42 Å². The number of piperidine rings is 1. The Balaban J connectivity index is 1.72. The molecule has 1 aliphatic heterocycles. The summed E-state index contributed by atoms with van der Waals surface area (Å²) in [7, 11) is 0. The number of carboxylic acid groups (broad SMARTS) is 1. The zero-order valence-corrected chi connectivity index (χ0v) is 18.2. The fraction of sp³-hybridized carbons (Fsp3) is 0.600. The van der Waals surface area contributed by atoms with Crippen molar-refractivity contribution in [3.05, 3.63) is 28.1 Å². The molecule has 0 radical (unpaired) electrons. The summed E-state index contributed by atoms with van der Waals surface area (Å²) in [5, 5.41) is 9.55. The van der Waals surface area contributed by atoms with Crippen molar-refractivity contribution in [2.45, 2.75) is 52.6 Å². The van der Waals surface area contributed by atoms with E-state index in [9.17, 15) is 14.7 Å². The van der Waals surface area contributed by atoms with Gasteiger partial charge in [-0.3, -0.25) is 4.79 Å². The van der Waals surface area contributed by atoms with Gasteiger partial charge in [0.2, 0.25) is 0 Å². The number of nitrogens with zero attached hydrogens (tertiary/aromatic N) is 3. The first-order valence-corrected chi connectivity index (χ1v) is 10.6. The van der Waals surface area contributed by atoms with Crippen LogP contribution >= 0.6 is 11.6 Å². The van der Waals surface area contributed by atoms with Crippen LogP contribution in [0.2, 0.25) is 5.15 Å². The Morgan fingerprint density at radius 1 is 1.37 bits per heavy atom. The molecule has 2 atom stereocenters. The summed E-state index contributed by atoms with van der Waals surface area (Å²) < 4.78 is 11.6. The number of H-pyrrole nitrogens is 1. The highest BCUT2D eigenvalue weighted by Crippen LogP contribution is 2.29. The van der Waals surface area contributed by atoms with E-state index >= 15 is 0 Å². The molecule has 2 aromatic heterocycles. The van der Waals surface area contributed by atoms with Crippen molar-refractivity contribution >= 4 is 29.4 Å². The molecule has 0 bridgehead atoms. The molecule has 0 unspecified atom stereocenters. The molecule has 10 heteroatoms. The Kier molecular flexibility index (Phi) is 7.14. The van der Waals surface area contributed by atoms with Gasteiger partial charge in [-0.25, -0.2) is 9.78 Å². The normalized spacial score (nSPS) is 19.3. The van der Waals surface area contributed by atoms with Crippen LogP contribution in [0.1, 0.15) is 65.7 Å². The third kappa shape index (κ3) is 4.84. The minimum absolute atomic E-state index is 0.00394. The Morgan fingerprint density at radius 2 is 2.13 bits per heavy atom. The second kappa shape index (κ2) is 9.61. The topological polar surface area (TPSA) is 122 Å². The number of aromatic amines is 1. The first-order valence-electron chi connectivity index (χ1n) is 10.2. The Labute approximate surface area is 179 Å². The molecule has 3 heterocycles. The van der Waals surface area contributed by atoms with Crippen LogP contribution < -0.4 is 4.90 Å². The smallest absolute Gasteiger partial charge is 0.358 e. The van der Waals surface area contributed by atoms with Crippen LogP contribution in [0.3, 0.4) is 0 Å². The number of oxazole rings is 1. The molecule has 1 fully saturated rings. The standard InChI is InChI=1S/C20H27ClN4O5/c1-4-8-29-15-10-25(20-23-16(19(27)28)11(3)30-20)7-6-12(15)9-14(26)18-22-13(5-2)17(21)24-18/h12,15H,4-10H2,1-3H3,(H,22,24)(H,27,28)/t12-,15-/m0/s1. The average Bonchev–Trinajstić information content (AvgIpc) is 3.29. The largest absolute Gasteiger partial charge is 0.476 e. The van der Waals surface area contributed by atoms with Gasteiger partial charge in [0.1, 0.15) is 5.76 Å². The molecule has 9 nitrogen and oxygen atoms in total. The summed E-state index contributed by atoms with van der Waals surface area (Å²) in [6.07, 6.45) is 2.29. The second-order valence-electron chi connectivity index (χ2n) is 7.45. The van der Waals surface area contributed by atoms with E-state index in [4.69, 9.17) is 20.8 Å². The second-order valence-corrected chi connectivity index (χ2v) is 7.80. The maximum Gasteiger partial charge on any atom is 0.358 e. The number of carbonyl (C=O) groups excluding carboxylic acids is 1. The number of ketones is 1. The molecule has 2 N–H and O–H groups in total. The number of nitrogens with one attached hydrogen (secondary N) is 1. The number of aromatic carboxylic acids is 1. The van der Waals surface area contributed by atoms with Crippen LogP contribution in [-0.2, 0) is 11.2 Å². The lowest BCUT2D eigenvalue weighted by Crippen LogP contribution is -2.46. The van der Waals surface area contributed by atoms with E-state index in [1.807, 2.05) is 18.7 Å². The van der Waals surface area contributed by atoms with Crippen LogP contribution in [0, 0.1) is 12.8 Å². The van der Waals surface area contributed by atoms with Gasteiger partial charge >= 0.3 is 5.97 Å². The van der Waals surface area contributed by atoms with E-state index in [0.717, 1.165) is 12.1 Å². The number of anilines is 1. The molecule has 0 spiro atoms. The van der Waals surface area contributed by atoms with Gasteiger partial charge in [0.05, 0.1) is 11.8 Å². The number of aryl methyl sites for hydroxylation is 2. The molecule has 164 valence electrons. The summed E-state index contributed by atoms with van der Waals surface area (Å²) in [4.78, 5) is 37.2. The van der Waals surface area contributed by atoms with E-state index in [2.05, 4.69) is 15.0 Å². The number of carbonyl (C=O) groups is 2. The van der Waals surface area contributed by atoms with E-state index < -0.39 is 5.97 Å². The monoisotopic (exact) mass is 438 g/mol. The van der Waals surface area contributed by atoms with Crippen LogP contribution in [0.4, 0.5) is 6.01 Å². The lowest BCUT2D eigenvalue weighted by molar-refractivity contribution is 0.00290. The number of hydrogen-bond acceptors (Lipinski definition) is 7. The van der Waals surface area contributed by atoms with Gasteiger partial charge in [-0.2, -0.15) is 4.98 Å². The van der Waals surface area contributed by atoms with Gasteiger partial charge in [0, 0.05) is 26.1 Å². The lowest BCUT2D eigenvalue weighted by Gasteiger charge is -2.37. The van der Waals surface area contributed by atoms with Crippen molar-refractivity contribution in [1.82, 2.24) is 15.0 Å². The molecule has 0 aromatic carbocycles. The third-order valence-electron chi connectivity index (χ3n) is 5.28. The summed E-state index contributed by atoms with van der Waals surface area (Å²) in [5.74, 6) is -0.667. The quantitative estimate of drug-likeness (QED) is 0.570. The van der Waals surface area contributed by atoms with E-state index in [0.29, 0.717) is 44.1 Å². The number of rotatable bonds is 9. The highest BCUT2D eigenvalue weighted by molar-refractivity contribution is 6.30. The SMILES string of the molecule is CCCO[C@H]1CN(c2nc(C(=O)O)c(C)o2)CC[C@H]1CC(=O)c1nc(Cl)c(CC)[nH]1. The Hall–Kier alpha value is -2.39. The number of imidazole rings is 1. The fourth-order valence-electron chi connectivity index (χ4n) is 3.64. The number of ether oxygens (including phenoxy) is 1. The van der Waals surface area contributed by atoms with Crippen molar-refractivity contribution in [2.24, 2.45) is 5.92 Å². The minimum Gasteiger partial charge on any atom is -0.476 e. The number of carboxylic acids is 1. The highest BCUT2D eigenvalue weighted by Gasteiger charge is 2.34. The maximum absolute atomic E-state index is 12.8. The molecule has 0 aliphatic carbocycles. The van der Waals surface area contributed by atoms with Gasteiger partial charge < -0.3 is 24.1 Å². The van der Waals surface area contributed by atoms with E-state index in [1.165, 1.54) is 0 Å². The van der Waals surface area contributed by atoms with Gasteiger partial charge in [0.15, 0.2) is 22.5 Å². The molecule has 2 aromatic rings. The maximum atomic E-state index is 12.8. The number of Topliss-reactive ketones (excluding diaryl/α,β-unsaturated/α-hetero) is 1. The molecule has 1 saturated heterocycles. The molecular weight excluding hydrogens is 412 g/mol. The van der Waals surface area contributed by atoms with Gasteiger partial charge in [-0.15, -0.1) is 0 Å². The fourth-order valence-corrected chi connectivity index (χ4v) is 3.90. The Bertz CT molecular complexity index is 909. The van der Waals surface area contributed by atoms with Crippen molar-refractivity contribution < 1.29 is 23.8 Å². The molecule has 1 aliphatic rings. The highest BCUT2D eigenvalue weighted by atomic mass is 35.5. The van der Waals surface area contributed by atoms with Crippen LogP contribution in [-0.4, -0.2) is 57.6 Å². The summed E-state index contributed by atoms with van der Waals surface area (Å²) in [6.45, 7) is 7.17. The van der Waals surface area contributed by atoms with Crippen molar-refractivity contribution in [3.63, 3.8) is 0 Å². The van der Waals surface area contributed by atoms with Crippen molar-refractivity contribution in [1.29, 1.82) is 0 Å². The lowest BCUT2D eigenvalue weighted by atomic mass is 9.89. The molecule has 0 amide bonds. The van der Waals surface area contributed by atoms with E-state index in [1.54, 1.807) is 6.92 Å². The first kappa shape index (κ1) is 22.3. The van der Waals surface area contributed by atoms with Crippen molar-refractivity contribution in [3.8, 4) is 0 Å². The predicted octanol–water partition coefficient (Wildman–Crippen LogP) is 3.51. The first-order chi connectivity index (χ1) is 14.3. The van der Waals surface area contributed by atoms with E-state index in [-0.39, 0.29) is 41.1 Å². The summed E-state index contributed by atoms with van der Waals surface area (Å²) >= 11 is 6.07.